The monoisotopic (exact) mass is 390 g/mol. The summed E-state index contributed by atoms with van der Waals surface area (Å²) in [5.41, 5.74) is 0.299. The minimum atomic E-state index is -4.50. The van der Waals surface area contributed by atoms with Crippen molar-refractivity contribution in [3.63, 3.8) is 0 Å². The van der Waals surface area contributed by atoms with Gasteiger partial charge in [0.2, 0.25) is 0 Å². The fourth-order valence-corrected chi connectivity index (χ4v) is 2.64. The number of carbonyl (C=O) groups excluding carboxylic acids is 1. The van der Waals surface area contributed by atoms with Gasteiger partial charge in [0, 0.05) is 29.4 Å². The van der Waals surface area contributed by atoms with Crippen LogP contribution in [-0.2, 0) is 19.0 Å². The third kappa shape index (κ3) is 4.92. The lowest BCUT2D eigenvalue weighted by atomic mass is 10.0. The lowest BCUT2D eigenvalue weighted by Gasteiger charge is -2.08. The van der Waals surface area contributed by atoms with E-state index >= 15 is 0 Å². The Labute approximate surface area is 158 Å². The van der Waals surface area contributed by atoms with Crippen LogP contribution in [-0.4, -0.2) is 15.8 Å². The SMILES string of the molecule is O=C(c1cnc(CCc2ccc(Cl)cc2)nc1)c1cccc(C(F)(F)F)c1. The fraction of sp³-hybridized carbons (Fsp3) is 0.150. The van der Waals surface area contributed by atoms with Gasteiger partial charge in [0.15, 0.2) is 5.78 Å². The Morgan fingerprint density at radius 2 is 1.59 bits per heavy atom. The second kappa shape index (κ2) is 7.88. The molecule has 0 saturated heterocycles. The van der Waals surface area contributed by atoms with Crippen molar-refractivity contribution < 1.29 is 18.0 Å². The molecule has 0 aliphatic carbocycles. The molecule has 0 amide bonds. The van der Waals surface area contributed by atoms with E-state index in [1.54, 1.807) is 12.1 Å². The van der Waals surface area contributed by atoms with Crippen molar-refractivity contribution >= 4 is 17.4 Å². The molecular weight excluding hydrogens is 377 g/mol. The largest absolute Gasteiger partial charge is 0.416 e. The average Bonchev–Trinajstić information content (AvgIpc) is 2.67. The molecule has 1 heterocycles. The second-order valence-corrected chi connectivity index (χ2v) is 6.36. The maximum atomic E-state index is 12.8. The van der Waals surface area contributed by atoms with Crippen molar-refractivity contribution in [1.29, 1.82) is 0 Å². The van der Waals surface area contributed by atoms with Crippen LogP contribution in [0.3, 0.4) is 0 Å². The standard InChI is InChI=1S/C20H14ClF3N2O/c21-17-7-4-13(5-8-17)6-9-18-25-11-15(12-26-18)19(27)14-2-1-3-16(10-14)20(22,23)24/h1-5,7-8,10-12H,6,9H2. The molecule has 27 heavy (non-hydrogen) atoms. The van der Waals surface area contributed by atoms with Gasteiger partial charge >= 0.3 is 6.18 Å². The molecular formula is C20H14ClF3N2O. The number of hydrogen-bond donors (Lipinski definition) is 0. The van der Waals surface area contributed by atoms with E-state index in [1.165, 1.54) is 24.5 Å². The second-order valence-electron chi connectivity index (χ2n) is 5.92. The molecule has 2 aromatic carbocycles. The van der Waals surface area contributed by atoms with Crippen molar-refractivity contribution in [2.75, 3.05) is 0 Å². The van der Waals surface area contributed by atoms with E-state index in [2.05, 4.69) is 9.97 Å². The number of aromatic nitrogens is 2. The molecule has 0 N–H and O–H groups in total. The number of hydrogen-bond acceptors (Lipinski definition) is 3. The number of aryl methyl sites for hydroxylation is 2. The van der Waals surface area contributed by atoms with Crippen LogP contribution in [0.5, 0.6) is 0 Å². The maximum Gasteiger partial charge on any atom is 0.416 e. The molecule has 3 aromatic rings. The van der Waals surface area contributed by atoms with Gasteiger partial charge in [-0.15, -0.1) is 0 Å². The average molecular weight is 391 g/mol. The van der Waals surface area contributed by atoms with Crippen LogP contribution in [0, 0.1) is 0 Å². The van der Waals surface area contributed by atoms with Crippen molar-refractivity contribution in [3.05, 3.63) is 94.0 Å². The van der Waals surface area contributed by atoms with Crippen LogP contribution in [0.25, 0.3) is 0 Å². The molecule has 3 rings (SSSR count). The quantitative estimate of drug-likeness (QED) is 0.565. The first kappa shape index (κ1) is 19.0. The zero-order valence-corrected chi connectivity index (χ0v) is 14.8. The van der Waals surface area contributed by atoms with E-state index in [9.17, 15) is 18.0 Å². The third-order valence-electron chi connectivity index (χ3n) is 3.97. The summed E-state index contributed by atoms with van der Waals surface area (Å²) in [5.74, 6) is -0.00380. The summed E-state index contributed by atoms with van der Waals surface area (Å²) in [6.45, 7) is 0. The highest BCUT2D eigenvalue weighted by atomic mass is 35.5. The normalized spacial score (nSPS) is 11.4. The van der Waals surface area contributed by atoms with E-state index in [0.717, 1.165) is 17.7 Å². The summed E-state index contributed by atoms with van der Waals surface area (Å²) in [7, 11) is 0. The Kier molecular flexibility index (Phi) is 5.56. The molecule has 0 fully saturated rings. The molecule has 1 aromatic heterocycles. The molecule has 0 spiro atoms. The molecule has 0 atom stereocenters. The minimum Gasteiger partial charge on any atom is -0.288 e. The Hall–Kier alpha value is -2.73. The van der Waals surface area contributed by atoms with Gasteiger partial charge in [-0.1, -0.05) is 35.9 Å². The van der Waals surface area contributed by atoms with Crippen molar-refractivity contribution in [2.45, 2.75) is 19.0 Å². The molecule has 0 unspecified atom stereocenters. The number of halogens is 4. The van der Waals surface area contributed by atoms with Gasteiger partial charge in [-0.05, 0) is 36.2 Å². The number of benzene rings is 2. The summed E-state index contributed by atoms with van der Waals surface area (Å²) in [6, 6.07) is 11.7. The lowest BCUT2D eigenvalue weighted by Crippen LogP contribution is -2.09. The molecule has 0 aliphatic heterocycles. The van der Waals surface area contributed by atoms with Crippen LogP contribution >= 0.6 is 11.6 Å². The Balaban J connectivity index is 1.69. The predicted octanol–water partition coefficient (Wildman–Crippen LogP) is 5.17. The number of nitrogens with zero attached hydrogens (tertiary/aromatic N) is 2. The highest BCUT2D eigenvalue weighted by Gasteiger charge is 2.31. The zero-order valence-electron chi connectivity index (χ0n) is 14.0. The topological polar surface area (TPSA) is 42.9 Å². The molecule has 3 nitrogen and oxygen atoms in total. The first-order valence-corrected chi connectivity index (χ1v) is 8.48. The van der Waals surface area contributed by atoms with Crippen LogP contribution in [0.1, 0.15) is 32.9 Å². The van der Waals surface area contributed by atoms with Gasteiger partial charge in [0.1, 0.15) is 5.82 Å². The Bertz CT molecular complexity index is 939. The summed E-state index contributed by atoms with van der Waals surface area (Å²) in [5, 5.41) is 0.660. The molecule has 0 saturated carbocycles. The van der Waals surface area contributed by atoms with Gasteiger partial charge in [0.25, 0.3) is 0 Å². The number of ketones is 1. The smallest absolute Gasteiger partial charge is 0.288 e. The van der Waals surface area contributed by atoms with Crippen LogP contribution in [0.2, 0.25) is 5.02 Å². The van der Waals surface area contributed by atoms with Crippen LogP contribution in [0.4, 0.5) is 13.2 Å². The first-order chi connectivity index (χ1) is 12.8. The maximum absolute atomic E-state index is 12.8. The summed E-state index contributed by atoms with van der Waals surface area (Å²) >= 11 is 5.84. The molecule has 0 aliphatic rings. The van der Waals surface area contributed by atoms with Gasteiger partial charge in [-0.25, -0.2) is 9.97 Å². The Morgan fingerprint density at radius 1 is 0.926 bits per heavy atom. The van der Waals surface area contributed by atoms with E-state index < -0.39 is 17.5 Å². The van der Waals surface area contributed by atoms with Gasteiger partial charge in [-0.2, -0.15) is 13.2 Å². The van der Waals surface area contributed by atoms with E-state index in [4.69, 9.17) is 11.6 Å². The van der Waals surface area contributed by atoms with Gasteiger partial charge in [0.05, 0.1) is 11.1 Å². The Morgan fingerprint density at radius 3 is 2.22 bits per heavy atom. The van der Waals surface area contributed by atoms with Gasteiger partial charge in [-0.3, -0.25) is 4.79 Å². The van der Waals surface area contributed by atoms with E-state index in [-0.39, 0.29) is 11.1 Å². The number of alkyl halides is 3. The van der Waals surface area contributed by atoms with E-state index in [0.29, 0.717) is 23.7 Å². The van der Waals surface area contributed by atoms with Crippen LogP contribution in [0.15, 0.2) is 60.9 Å². The first-order valence-electron chi connectivity index (χ1n) is 8.10. The minimum absolute atomic E-state index is 0.0534. The zero-order chi connectivity index (χ0) is 19.4. The highest BCUT2D eigenvalue weighted by Crippen LogP contribution is 2.29. The molecule has 0 bridgehead atoms. The third-order valence-corrected chi connectivity index (χ3v) is 4.22. The van der Waals surface area contributed by atoms with Crippen LogP contribution < -0.4 is 0 Å². The van der Waals surface area contributed by atoms with Crippen molar-refractivity contribution in [3.8, 4) is 0 Å². The fourth-order valence-electron chi connectivity index (χ4n) is 2.51. The molecule has 7 heteroatoms. The number of carbonyl (C=O) groups is 1. The molecule has 138 valence electrons. The molecule has 0 radical (unpaired) electrons. The number of rotatable bonds is 5. The summed E-state index contributed by atoms with van der Waals surface area (Å²) in [6.07, 6.45) is -0.546. The van der Waals surface area contributed by atoms with E-state index in [1.807, 2.05) is 12.1 Å². The highest BCUT2D eigenvalue weighted by molar-refractivity contribution is 6.30. The summed E-state index contributed by atoms with van der Waals surface area (Å²) < 4.78 is 38.4. The van der Waals surface area contributed by atoms with Crippen molar-refractivity contribution in [2.24, 2.45) is 0 Å². The van der Waals surface area contributed by atoms with Crippen molar-refractivity contribution in [1.82, 2.24) is 9.97 Å². The summed E-state index contributed by atoms with van der Waals surface area (Å²) in [4.78, 5) is 20.7. The van der Waals surface area contributed by atoms with Gasteiger partial charge < -0.3 is 0 Å². The predicted molar refractivity (Wildman–Crippen MR) is 95.8 cm³/mol. The lowest BCUT2D eigenvalue weighted by molar-refractivity contribution is -0.137.